The van der Waals surface area contributed by atoms with Crippen LogP contribution in [-0.2, 0) is 0 Å². The summed E-state index contributed by atoms with van der Waals surface area (Å²) in [5, 5.41) is 11.9. The van der Waals surface area contributed by atoms with Gasteiger partial charge < -0.3 is 9.84 Å². The molecule has 0 heterocycles. The van der Waals surface area contributed by atoms with E-state index in [9.17, 15) is 9.70 Å². The fourth-order valence-corrected chi connectivity index (χ4v) is 2.11. The van der Waals surface area contributed by atoms with E-state index in [0.29, 0.717) is 18.6 Å². The molecule has 0 amide bonds. The summed E-state index contributed by atoms with van der Waals surface area (Å²) in [5.74, 6) is -0.116. The average Bonchev–Trinajstić information content (AvgIpc) is 2.27. The molecular formula is C12H13NO4. The molecule has 1 aliphatic carbocycles. The van der Waals surface area contributed by atoms with Crippen molar-refractivity contribution < 1.29 is 14.6 Å². The topological polar surface area (TPSA) is 76.0 Å². The lowest BCUT2D eigenvalue weighted by Gasteiger charge is -2.31. The molecule has 0 atom stereocenters. The summed E-state index contributed by atoms with van der Waals surface area (Å²) in [6.45, 7) is 0. The number of hydrogen-bond donors (Lipinski definition) is 1. The van der Waals surface area contributed by atoms with Crippen molar-refractivity contribution in [3.8, 4) is 5.75 Å². The van der Waals surface area contributed by atoms with Crippen molar-refractivity contribution in [2.24, 2.45) is 5.18 Å². The summed E-state index contributed by atoms with van der Waals surface area (Å²) in [5.41, 5.74) is 1.09. The molecule has 0 aromatic heterocycles. The number of rotatable bonds is 4. The van der Waals surface area contributed by atoms with E-state index in [4.69, 9.17) is 9.84 Å². The Labute approximate surface area is 98.4 Å². The number of carboxylic acids is 1. The molecule has 0 aliphatic heterocycles. The Balaban J connectivity index is 2.27. The largest absolute Gasteiger partial charge is 0.496 e. The first-order valence-electron chi connectivity index (χ1n) is 5.39. The van der Waals surface area contributed by atoms with Crippen molar-refractivity contribution in [3.63, 3.8) is 0 Å². The zero-order valence-electron chi connectivity index (χ0n) is 9.42. The SMILES string of the molecule is COc1ccc(C(=O)O)cc1C1CC(N=O)C1. The van der Waals surface area contributed by atoms with Crippen molar-refractivity contribution in [2.75, 3.05) is 7.11 Å². The van der Waals surface area contributed by atoms with Crippen LogP contribution in [0.2, 0.25) is 0 Å². The molecule has 0 unspecified atom stereocenters. The second-order valence-corrected chi connectivity index (χ2v) is 4.19. The van der Waals surface area contributed by atoms with E-state index in [1.807, 2.05) is 0 Å². The normalized spacial score (nSPS) is 22.6. The molecule has 17 heavy (non-hydrogen) atoms. The molecule has 90 valence electrons. The maximum absolute atomic E-state index is 10.9. The highest BCUT2D eigenvalue weighted by atomic mass is 16.5. The van der Waals surface area contributed by atoms with E-state index < -0.39 is 5.97 Å². The highest BCUT2D eigenvalue weighted by Crippen LogP contribution is 2.42. The molecule has 1 fully saturated rings. The summed E-state index contributed by atoms with van der Waals surface area (Å²) in [4.78, 5) is 21.2. The second kappa shape index (κ2) is 4.53. The molecule has 1 aliphatic rings. The maximum Gasteiger partial charge on any atom is 0.335 e. The van der Waals surface area contributed by atoms with Gasteiger partial charge in [-0.2, -0.15) is 4.91 Å². The molecule has 1 saturated carbocycles. The first-order valence-corrected chi connectivity index (χ1v) is 5.39. The number of aromatic carboxylic acids is 1. The van der Waals surface area contributed by atoms with Crippen LogP contribution in [0.25, 0.3) is 0 Å². The lowest BCUT2D eigenvalue weighted by molar-refractivity contribution is 0.0696. The second-order valence-electron chi connectivity index (χ2n) is 4.19. The van der Waals surface area contributed by atoms with E-state index >= 15 is 0 Å². The number of methoxy groups -OCH3 is 1. The first kappa shape index (κ1) is 11.6. The lowest BCUT2D eigenvalue weighted by Crippen LogP contribution is -2.25. The molecule has 0 spiro atoms. The summed E-state index contributed by atoms with van der Waals surface area (Å²) >= 11 is 0. The van der Waals surface area contributed by atoms with Gasteiger partial charge in [0.2, 0.25) is 0 Å². The molecule has 0 saturated heterocycles. The van der Waals surface area contributed by atoms with Crippen LogP contribution >= 0.6 is 0 Å². The molecule has 1 aromatic rings. The van der Waals surface area contributed by atoms with E-state index in [1.54, 1.807) is 19.2 Å². The number of ether oxygens (including phenoxy) is 1. The molecular weight excluding hydrogens is 222 g/mol. The van der Waals surface area contributed by atoms with Crippen LogP contribution in [0.4, 0.5) is 0 Å². The smallest absolute Gasteiger partial charge is 0.335 e. The van der Waals surface area contributed by atoms with E-state index in [-0.39, 0.29) is 17.5 Å². The van der Waals surface area contributed by atoms with Gasteiger partial charge in [0.15, 0.2) is 0 Å². The molecule has 1 N–H and O–H groups in total. The van der Waals surface area contributed by atoms with Crippen LogP contribution in [0.3, 0.4) is 0 Å². The summed E-state index contributed by atoms with van der Waals surface area (Å²) in [6, 6.07) is 4.64. The van der Waals surface area contributed by atoms with Gasteiger partial charge in [-0.15, -0.1) is 0 Å². The molecule has 1 aromatic carbocycles. The average molecular weight is 235 g/mol. The minimum atomic E-state index is -0.960. The van der Waals surface area contributed by atoms with Crippen molar-refractivity contribution >= 4 is 5.97 Å². The van der Waals surface area contributed by atoms with E-state index in [0.717, 1.165) is 5.56 Å². The van der Waals surface area contributed by atoms with Gasteiger partial charge in [-0.05, 0) is 42.5 Å². The van der Waals surface area contributed by atoms with Gasteiger partial charge in [0, 0.05) is 0 Å². The number of carbonyl (C=O) groups is 1. The zero-order chi connectivity index (χ0) is 12.4. The number of carboxylic acid groups (broad SMARTS) is 1. The fraction of sp³-hybridized carbons (Fsp3) is 0.417. The van der Waals surface area contributed by atoms with Crippen molar-refractivity contribution in [1.82, 2.24) is 0 Å². The minimum Gasteiger partial charge on any atom is -0.496 e. The van der Waals surface area contributed by atoms with Gasteiger partial charge >= 0.3 is 5.97 Å². The van der Waals surface area contributed by atoms with E-state index in [1.165, 1.54) is 6.07 Å². The fourth-order valence-electron chi connectivity index (χ4n) is 2.11. The number of nitroso groups, excluding NO2 is 1. The molecule has 2 rings (SSSR count). The lowest BCUT2D eigenvalue weighted by atomic mass is 9.75. The van der Waals surface area contributed by atoms with Gasteiger partial charge in [0.1, 0.15) is 5.75 Å². The predicted molar refractivity (Wildman–Crippen MR) is 61.5 cm³/mol. The highest BCUT2D eigenvalue weighted by molar-refractivity contribution is 5.88. The quantitative estimate of drug-likeness (QED) is 0.813. The Hall–Kier alpha value is -1.91. The predicted octanol–water partition coefficient (Wildman–Crippen LogP) is 2.41. The number of benzene rings is 1. The van der Waals surface area contributed by atoms with Crippen LogP contribution in [0.5, 0.6) is 5.75 Å². The van der Waals surface area contributed by atoms with Crippen LogP contribution in [0, 0.1) is 4.91 Å². The maximum atomic E-state index is 10.9. The minimum absolute atomic E-state index is 0.141. The van der Waals surface area contributed by atoms with Gasteiger partial charge in [0.25, 0.3) is 0 Å². The Morgan fingerprint density at radius 2 is 2.18 bits per heavy atom. The van der Waals surface area contributed by atoms with Gasteiger partial charge in [-0.3, -0.25) is 0 Å². The Morgan fingerprint density at radius 3 is 2.71 bits per heavy atom. The number of nitrogens with zero attached hydrogens (tertiary/aromatic N) is 1. The monoisotopic (exact) mass is 235 g/mol. The molecule has 5 heteroatoms. The summed E-state index contributed by atoms with van der Waals surface area (Å²) in [6.07, 6.45) is 1.34. The molecule has 0 bridgehead atoms. The standard InChI is InChI=1S/C12H13NO4/c1-17-11-3-2-7(12(14)15)6-10(11)8-4-9(5-8)13-16/h2-3,6,8-9H,4-5H2,1H3,(H,14,15). The van der Waals surface area contributed by atoms with Crippen molar-refractivity contribution in [3.05, 3.63) is 34.2 Å². The van der Waals surface area contributed by atoms with Crippen LogP contribution in [0.1, 0.15) is 34.7 Å². The molecule has 0 radical (unpaired) electrons. The highest BCUT2D eigenvalue weighted by Gasteiger charge is 2.33. The van der Waals surface area contributed by atoms with Gasteiger partial charge in [-0.1, -0.05) is 5.18 Å². The third-order valence-electron chi connectivity index (χ3n) is 3.18. The third-order valence-corrected chi connectivity index (χ3v) is 3.18. The van der Waals surface area contributed by atoms with Crippen LogP contribution in [-0.4, -0.2) is 24.2 Å². The van der Waals surface area contributed by atoms with Gasteiger partial charge in [-0.25, -0.2) is 4.79 Å². The summed E-state index contributed by atoms with van der Waals surface area (Å²) in [7, 11) is 1.55. The first-order chi connectivity index (χ1) is 8.15. The zero-order valence-corrected chi connectivity index (χ0v) is 9.42. The number of hydrogen-bond acceptors (Lipinski definition) is 4. The molecule has 5 nitrogen and oxygen atoms in total. The Kier molecular flexibility index (Phi) is 3.08. The van der Waals surface area contributed by atoms with Crippen LogP contribution in [0.15, 0.2) is 23.4 Å². The van der Waals surface area contributed by atoms with Crippen molar-refractivity contribution in [2.45, 2.75) is 24.8 Å². The van der Waals surface area contributed by atoms with E-state index in [2.05, 4.69) is 5.18 Å². The van der Waals surface area contributed by atoms with Crippen molar-refractivity contribution in [1.29, 1.82) is 0 Å². The summed E-state index contributed by atoms with van der Waals surface area (Å²) < 4.78 is 5.20. The Morgan fingerprint density at radius 1 is 1.47 bits per heavy atom. The third kappa shape index (κ3) is 2.13. The van der Waals surface area contributed by atoms with Crippen LogP contribution < -0.4 is 4.74 Å². The Bertz CT molecular complexity index is 452. The van der Waals surface area contributed by atoms with Gasteiger partial charge in [0.05, 0.1) is 18.7 Å².